The summed E-state index contributed by atoms with van der Waals surface area (Å²) in [6.07, 6.45) is -0.0571. The number of hydrogen-bond donors (Lipinski definition) is 3. The molecule has 0 saturated heterocycles. The highest BCUT2D eigenvalue weighted by atomic mass is 32.1. The van der Waals surface area contributed by atoms with E-state index in [1.807, 2.05) is 30.3 Å². The topological polar surface area (TPSA) is 96.5 Å². The number of ether oxygens (including phenoxy) is 1. The Kier molecular flexibility index (Phi) is 8.11. The fourth-order valence-corrected chi connectivity index (χ4v) is 2.52. The van der Waals surface area contributed by atoms with Crippen molar-refractivity contribution < 1.29 is 19.1 Å². The Morgan fingerprint density at radius 2 is 1.75 bits per heavy atom. The van der Waals surface area contributed by atoms with Gasteiger partial charge in [-0.15, -0.1) is 0 Å². The maximum atomic E-state index is 12.3. The lowest BCUT2D eigenvalue weighted by Crippen LogP contribution is -2.34. The minimum Gasteiger partial charge on any atom is -0.469 e. The van der Waals surface area contributed by atoms with Gasteiger partial charge in [0, 0.05) is 24.2 Å². The molecule has 2 aromatic rings. The molecule has 0 fully saturated rings. The Morgan fingerprint density at radius 3 is 2.46 bits per heavy atom. The predicted molar refractivity (Wildman–Crippen MR) is 110 cm³/mol. The second kappa shape index (κ2) is 10.8. The third kappa shape index (κ3) is 7.16. The number of thiocarbonyl (C=S) groups is 1. The summed E-state index contributed by atoms with van der Waals surface area (Å²) in [5.74, 6) is -1.09. The first-order valence-corrected chi connectivity index (χ1v) is 8.98. The standard InChI is InChI=1S/C20H21N3O4S/c1-27-18(25)11-10-17(24)23-20(28)22-16-9-5-8-15(12-16)19(26)21-13-14-6-3-2-4-7-14/h2-9,12H,10-11,13H2,1H3,(H,21,26)(H2,22,23,24,28). The lowest BCUT2D eigenvalue weighted by molar-refractivity contribution is -0.142. The van der Waals surface area contributed by atoms with Crippen molar-refractivity contribution in [2.75, 3.05) is 12.4 Å². The molecule has 0 radical (unpaired) electrons. The van der Waals surface area contributed by atoms with Crippen LogP contribution in [0.15, 0.2) is 54.6 Å². The van der Waals surface area contributed by atoms with E-state index in [0.717, 1.165) is 5.56 Å². The molecule has 0 heterocycles. The van der Waals surface area contributed by atoms with Crippen LogP contribution < -0.4 is 16.0 Å². The van der Waals surface area contributed by atoms with E-state index in [2.05, 4.69) is 20.7 Å². The van der Waals surface area contributed by atoms with Crippen molar-refractivity contribution in [3.8, 4) is 0 Å². The number of rotatable bonds is 7. The van der Waals surface area contributed by atoms with Gasteiger partial charge in [-0.25, -0.2) is 0 Å². The van der Waals surface area contributed by atoms with Crippen LogP contribution in [-0.4, -0.2) is 30.0 Å². The zero-order valence-corrected chi connectivity index (χ0v) is 16.2. The number of benzene rings is 2. The van der Waals surface area contributed by atoms with Crippen LogP contribution in [0.4, 0.5) is 5.69 Å². The summed E-state index contributed by atoms with van der Waals surface area (Å²) in [5.41, 5.74) is 2.02. The molecular weight excluding hydrogens is 378 g/mol. The van der Waals surface area contributed by atoms with E-state index < -0.39 is 11.9 Å². The van der Waals surface area contributed by atoms with Gasteiger partial charge in [0.15, 0.2) is 5.11 Å². The van der Waals surface area contributed by atoms with Gasteiger partial charge in [0.2, 0.25) is 5.91 Å². The normalized spacial score (nSPS) is 9.89. The number of hydrogen-bond acceptors (Lipinski definition) is 5. The van der Waals surface area contributed by atoms with Crippen LogP contribution in [0, 0.1) is 0 Å². The fraction of sp³-hybridized carbons (Fsp3) is 0.200. The number of carbonyl (C=O) groups excluding carboxylic acids is 3. The second-order valence-electron chi connectivity index (χ2n) is 5.83. The Morgan fingerprint density at radius 1 is 1.00 bits per heavy atom. The molecule has 2 amide bonds. The molecule has 0 spiro atoms. The van der Waals surface area contributed by atoms with Gasteiger partial charge < -0.3 is 20.7 Å². The van der Waals surface area contributed by atoms with Crippen LogP contribution in [0.25, 0.3) is 0 Å². The first-order valence-electron chi connectivity index (χ1n) is 8.58. The van der Waals surface area contributed by atoms with E-state index in [0.29, 0.717) is 17.8 Å². The Hall–Kier alpha value is -3.26. The Balaban J connectivity index is 1.86. The molecule has 0 bridgehead atoms. The number of esters is 1. The van der Waals surface area contributed by atoms with Crippen LogP contribution in [-0.2, 0) is 20.9 Å². The van der Waals surface area contributed by atoms with Gasteiger partial charge in [0.1, 0.15) is 0 Å². The van der Waals surface area contributed by atoms with Crippen molar-refractivity contribution in [2.45, 2.75) is 19.4 Å². The molecule has 0 atom stereocenters. The molecule has 0 aliphatic carbocycles. The average molecular weight is 399 g/mol. The van der Waals surface area contributed by atoms with Crippen LogP contribution in [0.2, 0.25) is 0 Å². The van der Waals surface area contributed by atoms with Crippen molar-refractivity contribution in [1.82, 2.24) is 10.6 Å². The van der Waals surface area contributed by atoms with Crippen LogP contribution in [0.5, 0.6) is 0 Å². The van der Waals surface area contributed by atoms with Gasteiger partial charge in [-0.1, -0.05) is 36.4 Å². The largest absolute Gasteiger partial charge is 0.469 e. The molecule has 0 aliphatic heterocycles. The van der Waals surface area contributed by atoms with E-state index in [1.54, 1.807) is 24.3 Å². The van der Waals surface area contributed by atoms with Crippen LogP contribution >= 0.6 is 12.2 Å². The van der Waals surface area contributed by atoms with Gasteiger partial charge in [-0.05, 0) is 36.0 Å². The molecule has 0 unspecified atom stereocenters. The number of nitrogens with one attached hydrogen (secondary N) is 3. The van der Waals surface area contributed by atoms with Crippen molar-refractivity contribution in [3.63, 3.8) is 0 Å². The number of carbonyl (C=O) groups is 3. The lowest BCUT2D eigenvalue weighted by Gasteiger charge is -2.11. The minimum absolute atomic E-state index is 0.0258. The molecule has 0 saturated carbocycles. The molecular formula is C20H21N3O4S. The molecule has 0 aromatic heterocycles. The molecule has 8 heteroatoms. The van der Waals surface area contributed by atoms with E-state index in [9.17, 15) is 14.4 Å². The molecule has 28 heavy (non-hydrogen) atoms. The number of methoxy groups -OCH3 is 1. The second-order valence-corrected chi connectivity index (χ2v) is 6.24. The first kappa shape index (κ1) is 21.0. The number of anilines is 1. The highest BCUT2D eigenvalue weighted by molar-refractivity contribution is 7.80. The third-order valence-corrected chi connectivity index (χ3v) is 3.92. The molecule has 2 rings (SSSR count). The van der Waals surface area contributed by atoms with Gasteiger partial charge in [0.25, 0.3) is 5.91 Å². The van der Waals surface area contributed by atoms with E-state index in [-0.39, 0.29) is 23.9 Å². The summed E-state index contributed by atoms with van der Waals surface area (Å²) in [6.45, 7) is 0.423. The van der Waals surface area contributed by atoms with Gasteiger partial charge in [-0.2, -0.15) is 0 Å². The summed E-state index contributed by atoms with van der Waals surface area (Å²) >= 11 is 5.08. The predicted octanol–water partition coefficient (Wildman–Crippen LogP) is 2.38. The van der Waals surface area contributed by atoms with Crippen molar-refractivity contribution in [1.29, 1.82) is 0 Å². The molecule has 3 N–H and O–H groups in total. The quantitative estimate of drug-likeness (QED) is 0.489. The Bertz CT molecular complexity index is 856. The zero-order chi connectivity index (χ0) is 20.4. The van der Waals surface area contributed by atoms with Crippen molar-refractivity contribution in [2.24, 2.45) is 0 Å². The maximum Gasteiger partial charge on any atom is 0.306 e. The van der Waals surface area contributed by atoms with E-state index in [1.165, 1.54) is 7.11 Å². The lowest BCUT2D eigenvalue weighted by atomic mass is 10.1. The highest BCUT2D eigenvalue weighted by Crippen LogP contribution is 2.11. The van der Waals surface area contributed by atoms with Gasteiger partial charge in [-0.3, -0.25) is 14.4 Å². The summed E-state index contributed by atoms with van der Waals surface area (Å²) < 4.78 is 4.48. The van der Waals surface area contributed by atoms with Crippen LogP contribution in [0.3, 0.4) is 0 Å². The Labute approximate surface area is 168 Å². The highest BCUT2D eigenvalue weighted by Gasteiger charge is 2.10. The van der Waals surface area contributed by atoms with Gasteiger partial charge >= 0.3 is 5.97 Å². The number of amides is 2. The van der Waals surface area contributed by atoms with Crippen molar-refractivity contribution >= 4 is 40.8 Å². The van der Waals surface area contributed by atoms with Crippen LogP contribution in [0.1, 0.15) is 28.8 Å². The smallest absolute Gasteiger partial charge is 0.306 e. The minimum atomic E-state index is -0.469. The molecule has 146 valence electrons. The summed E-state index contributed by atoms with van der Waals surface area (Å²) in [4.78, 5) is 35.1. The van der Waals surface area contributed by atoms with E-state index >= 15 is 0 Å². The molecule has 7 nitrogen and oxygen atoms in total. The van der Waals surface area contributed by atoms with Crippen molar-refractivity contribution in [3.05, 3.63) is 65.7 Å². The molecule has 2 aromatic carbocycles. The summed E-state index contributed by atoms with van der Waals surface area (Å²) in [7, 11) is 1.26. The SMILES string of the molecule is COC(=O)CCC(=O)NC(=S)Nc1cccc(C(=O)NCc2ccccc2)c1. The summed E-state index contributed by atoms with van der Waals surface area (Å²) in [5, 5.41) is 8.25. The fourth-order valence-electron chi connectivity index (χ4n) is 2.29. The first-order chi connectivity index (χ1) is 13.5. The maximum absolute atomic E-state index is 12.3. The van der Waals surface area contributed by atoms with Gasteiger partial charge in [0.05, 0.1) is 13.5 Å². The van der Waals surface area contributed by atoms with E-state index in [4.69, 9.17) is 12.2 Å². The zero-order valence-electron chi connectivity index (χ0n) is 15.4. The monoisotopic (exact) mass is 399 g/mol. The average Bonchev–Trinajstić information content (AvgIpc) is 2.71. The summed E-state index contributed by atoms with van der Waals surface area (Å²) in [6, 6.07) is 16.3. The molecule has 0 aliphatic rings. The third-order valence-electron chi connectivity index (χ3n) is 3.72.